The molecule has 0 aliphatic heterocycles. The van der Waals surface area contributed by atoms with Crippen LogP contribution in [0.3, 0.4) is 0 Å². The number of nitrogens with one attached hydrogen (secondary N) is 1. The van der Waals surface area contributed by atoms with Crippen LogP contribution in [0.5, 0.6) is 0 Å². The SMILES string of the molecule is Cn1c(C(N)=O)c(Nc2ccc(Cl)c(C(F)(F)F)c2)c2ccccc21. The maximum Gasteiger partial charge on any atom is 0.417 e. The molecule has 0 atom stereocenters. The third-order valence-corrected chi connectivity index (χ3v) is 4.21. The number of nitrogens with two attached hydrogens (primary N) is 1. The summed E-state index contributed by atoms with van der Waals surface area (Å²) in [5.74, 6) is -0.689. The predicted octanol–water partition coefficient (Wildman–Crippen LogP) is 4.69. The maximum absolute atomic E-state index is 13.0. The number of nitrogens with zero attached hydrogens (tertiary/aromatic N) is 1. The fraction of sp³-hybridized carbons (Fsp3) is 0.118. The van der Waals surface area contributed by atoms with Crippen molar-refractivity contribution < 1.29 is 18.0 Å². The van der Waals surface area contributed by atoms with Gasteiger partial charge in [0.2, 0.25) is 0 Å². The molecule has 8 heteroatoms. The van der Waals surface area contributed by atoms with Crippen molar-refractivity contribution in [3.63, 3.8) is 0 Å². The first-order chi connectivity index (χ1) is 11.7. The molecule has 3 N–H and O–H groups in total. The van der Waals surface area contributed by atoms with Gasteiger partial charge in [0, 0.05) is 18.1 Å². The molecular formula is C17H13ClF3N3O. The number of anilines is 2. The second kappa shape index (κ2) is 6.00. The minimum Gasteiger partial charge on any atom is -0.364 e. The smallest absolute Gasteiger partial charge is 0.364 e. The van der Waals surface area contributed by atoms with Gasteiger partial charge in [0.05, 0.1) is 21.8 Å². The molecular weight excluding hydrogens is 355 g/mol. The number of hydrogen-bond donors (Lipinski definition) is 2. The van der Waals surface area contributed by atoms with Crippen LogP contribution in [0.1, 0.15) is 16.1 Å². The summed E-state index contributed by atoms with van der Waals surface area (Å²) in [6.45, 7) is 0. The van der Waals surface area contributed by atoms with Crippen LogP contribution in [0.2, 0.25) is 5.02 Å². The summed E-state index contributed by atoms with van der Waals surface area (Å²) in [7, 11) is 1.66. The number of alkyl halides is 3. The zero-order chi connectivity index (χ0) is 18.4. The Kier molecular flexibility index (Phi) is 4.12. The molecule has 1 heterocycles. The average molecular weight is 368 g/mol. The lowest BCUT2D eigenvalue weighted by Gasteiger charge is -2.13. The molecule has 0 unspecified atom stereocenters. The standard InChI is InChI=1S/C17H13ClF3N3O/c1-24-13-5-3-2-4-10(13)14(15(24)16(22)25)23-9-6-7-12(18)11(8-9)17(19,20)21/h2-8,23H,1H3,(H2,22,25). The topological polar surface area (TPSA) is 60.0 Å². The molecule has 0 aliphatic carbocycles. The summed E-state index contributed by atoms with van der Waals surface area (Å²) < 4.78 is 40.7. The van der Waals surface area contributed by atoms with E-state index in [4.69, 9.17) is 17.3 Å². The van der Waals surface area contributed by atoms with E-state index in [1.54, 1.807) is 35.9 Å². The first-order valence-electron chi connectivity index (χ1n) is 7.21. The van der Waals surface area contributed by atoms with Crippen molar-refractivity contribution in [3.05, 3.63) is 58.7 Å². The van der Waals surface area contributed by atoms with Gasteiger partial charge in [-0.05, 0) is 24.3 Å². The van der Waals surface area contributed by atoms with Gasteiger partial charge in [-0.15, -0.1) is 0 Å². The Morgan fingerprint density at radius 3 is 2.52 bits per heavy atom. The van der Waals surface area contributed by atoms with Gasteiger partial charge in [-0.25, -0.2) is 0 Å². The van der Waals surface area contributed by atoms with Crippen LogP contribution in [0.4, 0.5) is 24.5 Å². The lowest BCUT2D eigenvalue weighted by atomic mass is 10.1. The third kappa shape index (κ3) is 3.02. The zero-order valence-corrected chi connectivity index (χ0v) is 13.7. The minimum atomic E-state index is -4.58. The number of hydrogen-bond acceptors (Lipinski definition) is 2. The summed E-state index contributed by atoms with van der Waals surface area (Å²) >= 11 is 5.64. The van der Waals surface area contributed by atoms with Crippen LogP contribution < -0.4 is 11.1 Å². The molecule has 0 spiro atoms. The van der Waals surface area contributed by atoms with E-state index in [-0.39, 0.29) is 11.4 Å². The van der Waals surface area contributed by atoms with Crippen molar-refractivity contribution >= 4 is 39.8 Å². The van der Waals surface area contributed by atoms with E-state index in [2.05, 4.69) is 5.32 Å². The van der Waals surface area contributed by atoms with E-state index in [0.717, 1.165) is 17.6 Å². The second-order valence-corrected chi connectivity index (χ2v) is 5.89. The highest BCUT2D eigenvalue weighted by atomic mass is 35.5. The molecule has 130 valence electrons. The Bertz CT molecular complexity index is 979. The number of halogens is 4. The van der Waals surface area contributed by atoms with Crippen LogP contribution in [0.25, 0.3) is 10.9 Å². The van der Waals surface area contributed by atoms with Crippen LogP contribution in [0, 0.1) is 0 Å². The van der Waals surface area contributed by atoms with Gasteiger partial charge in [0.25, 0.3) is 5.91 Å². The normalized spacial score (nSPS) is 11.7. The van der Waals surface area contributed by atoms with Crippen molar-refractivity contribution in [1.29, 1.82) is 0 Å². The van der Waals surface area contributed by atoms with Crippen molar-refractivity contribution in [2.45, 2.75) is 6.18 Å². The lowest BCUT2D eigenvalue weighted by molar-refractivity contribution is -0.137. The van der Waals surface area contributed by atoms with Crippen molar-refractivity contribution in [1.82, 2.24) is 4.57 Å². The molecule has 0 saturated heterocycles. The number of primary amides is 1. The monoisotopic (exact) mass is 367 g/mol. The Balaban J connectivity index is 2.16. The molecule has 0 radical (unpaired) electrons. The van der Waals surface area contributed by atoms with Crippen LogP contribution >= 0.6 is 11.6 Å². The van der Waals surface area contributed by atoms with Gasteiger partial charge in [-0.3, -0.25) is 4.79 Å². The summed E-state index contributed by atoms with van der Waals surface area (Å²) in [6, 6.07) is 10.6. The number of aromatic nitrogens is 1. The Morgan fingerprint density at radius 1 is 1.20 bits per heavy atom. The second-order valence-electron chi connectivity index (χ2n) is 5.48. The van der Waals surface area contributed by atoms with Crippen LogP contribution in [-0.4, -0.2) is 10.5 Å². The molecule has 3 aromatic rings. The largest absolute Gasteiger partial charge is 0.417 e. The number of fused-ring (bicyclic) bond motifs is 1. The fourth-order valence-electron chi connectivity index (χ4n) is 2.77. The Morgan fingerprint density at radius 2 is 1.88 bits per heavy atom. The van der Waals surface area contributed by atoms with Gasteiger partial charge in [-0.1, -0.05) is 29.8 Å². The van der Waals surface area contributed by atoms with E-state index in [1.807, 2.05) is 0 Å². The zero-order valence-electron chi connectivity index (χ0n) is 13.0. The molecule has 1 aromatic heterocycles. The number of aryl methyl sites for hydroxylation is 1. The molecule has 4 nitrogen and oxygen atoms in total. The molecule has 1 amide bonds. The number of carbonyl (C=O) groups excluding carboxylic acids is 1. The summed E-state index contributed by atoms with van der Waals surface area (Å²) in [6.07, 6.45) is -4.58. The maximum atomic E-state index is 13.0. The first-order valence-corrected chi connectivity index (χ1v) is 7.59. The molecule has 0 bridgehead atoms. The van der Waals surface area contributed by atoms with E-state index >= 15 is 0 Å². The van der Waals surface area contributed by atoms with Crippen LogP contribution in [0.15, 0.2) is 42.5 Å². The third-order valence-electron chi connectivity index (χ3n) is 3.88. The molecule has 2 aromatic carbocycles. The van der Waals surface area contributed by atoms with E-state index < -0.39 is 22.7 Å². The number of rotatable bonds is 3. The van der Waals surface area contributed by atoms with E-state index in [0.29, 0.717) is 11.1 Å². The van der Waals surface area contributed by atoms with Crippen LogP contribution in [-0.2, 0) is 13.2 Å². The quantitative estimate of drug-likeness (QED) is 0.705. The van der Waals surface area contributed by atoms with Crippen molar-refractivity contribution in [3.8, 4) is 0 Å². The van der Waals surface area contributed by atoms with Crippen molar-refractivity contribution in [2.75, 3.05) is 5.32 Å². The summed E-state index contributed by atoms with van der Waals surface area (Å²) in [4.78, 5) is 11.8. The summed E-state index contributed by atoms with van der Waals surface area (Å²) in [5.41, 5.74) is 5.89. The average Bonchev–Trinajstić information content (AvgIpc) is 2.81. The Labute approximate surface area is 146 Å². The molecule has 0 aliphatic rings. The van der Waals surface area contributed by atoms with Gasteiger partial charge in [-0.2, -0.15) is 13.2 Å². The fourth-order valence-corrected chi connectivity index (χ4v) is 3.00. The number of benzene rings is 2. The lowest BCUT2D eigenvalue weighted by Crippen LogP contribution is -2.17. The van der Waals surface area contributed by atoms with Crippen molar-refractivity contribution in [2.24, 2.45) is 12.8 Å². The van der Waals surface area contributed by atoms with E-state index in [9.17, 15) is 18.0 Å². The van der Waals surface area contributed by atoms with Gasteiger partial charge in [0.1, 0.15) is 5.69 Å². The first kappa shape index (κ1) is 17.2. The van der Waals surface area contributed by atoms with E-state index in [1.165, 1.54) is 6.07 Å². The number of amides is 1. The molecule has 25 heavy (non-hydrogen) atoms. The molecule has 0 saturated carbocycles. The highest BCUT2D eigenvalue weighted by Gasteiger charge is 2.33. The highest BCUT2D eigenvalue weighted by molar-refractivity contribution is 6.31. The molecule has 3 rings (SSSR count). The highest BCUT2D eigenvalue weighted by Crippen LogP contribution is 2.38. The number of carbonyl (C=O) groups is 1. The minimum absolute atomic E-state index is 0.149. The van der Waals surface area contributed by atoms with Gasteiger partial charge < -0.3 is 15.6 Å². The Hall–Kier alpha value is -2.67. The number of para-hydroxylation sites is 1. The summed E-state index contributed by atoms with van der Waals surface area (Å²) in [5, 5.41) is 3.15. The predicted molar refractivity (Wildman–Crippen MR) is 91.2 cm³/mol. The molecule has 0 fully saturated rings. The van der Waals surface area contributed by atoms with Gasteiger partial charge >= 0.3 is 6.18 Å². The van der Waals surface area contributed by atoms with Gasteiger partial charge in [0.15, 0.2) is 0 Å².